The van der Waals surface area contributed by atoms with Gasteiger partial charge in [-0.25, -0.2) is 4.98 Å². The lowest BCUT2D eigenvalue weighted by Crippen LogP contribution is -2.21. The second-order valence-electron chi connectivity index (χ2n) is 3.00. The molecule has 0 aliphatic rings. The highest BCUT2D eigenvalue weighted by Gasteiger charge is 2.05. The van der Waals surface area contributed by atoms with E-state index in [-0.39, 0.29) is 12.1 Å². The van der Waals surface area contributed by atoms with Crippen molar-refractivity contribution in [3.8, 4) is 0 Å². The van der Waals surface area contributed by atoms with Gasteiger partial charge in [0.1, 0.15) is 6.29 Å². The van der Waals surface area contributed by atoms with E-state index in [0.717, 1.165) is 0 Å². The lowest BCUT2D eigenvalue weighted by molar-refractivity contribution is -0.108. The van der Waals surface area contributed by atoms with Gasteiger partial charge in [0.05, 0.1) is 28.8 Å². The van der Waals surface area contributed by atoms with Crippen molar-refractivity contribution >= 4 is 28.8 Å². The summed E-state index contributed by atoms with van der Waals surface area (Å²) in [5.41, 5.74) is 0.209. The molecule has 0 aliphatic carbocycles. The molecule has 0 radical (unpaired) electrons. The SMILES string of the molecule is O=CCn1cnc2c(Cl)cccc2c1=O. The normalized spacial score (nSPS) is 10.5. The predicted molar refractivity (Wildman–Crippen MR) is 57.1 cm³/mol. The van der Waals surface area contributed by atoms with Gasteiger partial charge < -0.3 is 4.79 Å². The van der Waals surface area contributed by atoms with Crippen LogP contribution in [0.4, 0.5) is 0 Å². The van der Waals surface area contributed by atoms with Crippen LogP contribution < -0.4 is 5.56 Å². The Morgan fingerprint density at radius 1 is 1.47 bits per heavy atom. The maximum atomic E-state index is 11.8. The number of aromatic nitrogens is 2. The first kappa shape index (κ1) is 9.86. The van der Waals surface area contributed by atoms with Crippen LogP contribution in [-0.4, -0.2) is 15.8 Å². The molecule has 2 aromatic rings. The third kappa shape index (κ3) is 1.64. The predicted octanol–water partition coefficient (Wildman–Crippen LogP) is 1.25. The third-order valence-electron chi connectivity index (χ3n) is 2.08. The van der Waals surface area contributed by atoms with E-state index in [4.69, 9.17) is 11.6 Å². The molecule has 1 heterocycles. The Kier molecular flexibility index (Phi) is 2.51. The second-order valence-corrected chi connectivity index (χ2v) is 3.41. The number of carbonyl (C=O) groups is 1. The molecule has 0 fully saturated rings. The van der Waals surface area contributed by atoms with Crippen LogP contribution in [0, 0.1) is 0 Å². The monoisotopic (exact) mass is 222 g/mol. The first-order valence-corrected chi connectivity index (χ1v) is 4.69. The Morgan fingerprint density at radius 2 is 2.27 bits per heavy atom. The van der Waals surface area contributed by atoms with Gasteiger partial charge in [0.15, 0.2) is 0 Å². The maximum absolute atomic E-state index is 11.8. The van der Waals surface area contributed by atoms with E-state index in [0.29, 0.717) is 22.2 Å². The molecule has 0 atom stereocenters. The van der Waals surface area contributed by atoms with Crippen molar-refractivity contribution in [1.29, 1.82) is 0 Å². The lowest BCUT2D eigenvalue weighted by Gasteiger charge is -2.02. The molecular weight excluding hydrogens is 216 g/mol. The van der Waals surface area contributed by atoms with Crippen LogP contribution in [0.3, 0.4) is 0 Å². The van der Waals surface area contributed by atoms with E-state index < -0.39 is 0 Å². The molecule has 1 aromatic carbocycles. The molecule has 15 heavy (non-hydrogen) atoms. The molecule has 0 aliphatic heterocycles. The number of nitrogens with zero attached hydrogens (tertiary/aromatic N) is 2. The summed E-state index contributed by atoms with van der Waals surface area (Å²) >= 11 is 5.88. The Hall–Kier alpha value is -1.68. The van der Waals surface area contributed by atoms with Crippen molar-refractivity contribution < 1.29 is 4.79 Å². The molecule has 2 rings (SSSR count). The van der Waals surface area contributed by atoms with Gasteiger partial charge in [-0.05, 0) is 12.1 Å². The summed E-state index contributed by atoms with van der Waals surface area (Å²) in [4.78, 5) is 26.1. The zero-order valence-electron chi connectivity index (χ0n) is 7.68. The summed E-state index contributed by atoms with van der Waals surface area (Å²) in [5.74, 6) is 0. The maximum Gasteiger partial charge on any atom is 0.261 e. The zero-order chi connectivity index (χ0) is 10.8. The van der Waals surface area contributed by atoms with Crippen molar-refractivity contribution in [2.75, 3.05) is 0 Å². The zero-order valence-corrected chi connectivity index (χ0v) is 8.44. The lowest BCUT2D eigenvalue weighted by atomic mass is 10.2. The molecule has 1 aromatic heterocycles. The van der Waals surface area contributed by atoms with Gasteiger partial charge in [0.25, 0.3) is 5.56 Å². The highest BCUT2D eigenvalue weighted by Crippen LogP contribution is 2.17. The molecule has 0 saturated heterocycles. The molecule has 0 bridgehead atoms. The number of benzene rings is 1. The summed E-state index contributed by atoms with van der Waals surface area (Å²) in [6, 6.07) is 4.98. The number of aldehydes is 1. The molecule has 0 spiro atoms. The summed E-state index contributed by atoms with van der Waals surface area (Å²) in [6.07, 6.45) is 1.98. The summed E-state index contributed by atoms with van der Waals surface area (Å²) in [5, 5.41) is 0.856. The van der Waals surface area contributed by atoms with Crippen LogP contribution in [0.1, 0.15) is 0 Å². The highest BCUT2D eigenvalue weighted by molar-refractivity contribution is 6.34. The number of rotatable bonds is 2. The van der Waals surface area contributed by atoms with Gasteiger partial charge in [-0.2, -0.15) is 0 Å². The number of carbonyl (C=O) groups excluding carboxylic acids is 1. The van der Waals surface area contributed by atoms with Gasteiger partial charge in [-0.15, -0.1) is 0 Å². The molecule has 76 valence electrons. The molecular formula is C10H7ClN2O2. The minimum absolute atomic E-state index is 0.00822. The van der Waals surface area contributed by atoms with E-state index in [1.165, 1.54) is 10.9 Å². The van der Waals surface area contributed by atoms with Crippen LogP contribution in [0.2, 0.25) is 5.02 Å². The minimum atomic E-state index is -0.255. The van der Waals surface area contributed by atoms with Crippen LogP contribution >= 0.6 is 11.6 Å². The van der Waals surface area contributed by atoms with E-state index in [2.05, 4.69) is 4.98 Å². The Balaban J connectivity index is 2.80. The molecule has 0 N–H and O–H groups in total. The standard InChI is InChI=1S/C10H7ClN2O2/c11-8-3-1-2-7-9(8)12-6-13(4-5-14)10(7)15/h1-3,5-6H,4H2. The Bertz CT molecular complexity index is 577. The summed E-state index contributed by atoms with van der Waals surface area (Å²) in [7, 11) is 0. The number of hydrogen-bond acceptors (Lipinski definition) is 3. The smallest absolute Gasteiger partial charge is 0.261 e. The number of para-hydroxylation sites is 1. The Morgan fingerprint density at radius 3 is 3.00 bits per heavy atom. The van der Waals surface area contributed by atoms with Crippen LogP contribution in [-0.2, 0) is 11.3 Å². The third-order valence-corrected chi connectivity index (χ3v) is 2.38. The highest BCUT2D eigenvalue weighted by atomic mass is 35.5. The number of halogens is 1. The first-order chi connectivity index (χ1) is 7.24. The fourth-order valence-electron chi connectivity index (χ4n) is 1.36. The summed E-state index contributed by atoms with van der Waals surface area (Å²) in [6.45, 7) is 0.00822. The van der Waals surface area contributed by atoms with Gasteiger partial charge in [-0.3, -0.25) is 9.36 Å². The van der Waals surface area contributed by atoms with Gasteiger partial charge in [0.2, 0.25) is 0 Å². The van der Waals surface area contributed by atoms with Crippen LogP contribution in [0.15, 0.2) is 29.3 Å². The largest absolute Gasteiger partial charge is 0.301 e. The topological polar surface area (TPSA) is 52.0 Å². The quantitative estimate of drug-likeness (QED) is 0.719. The van der Waals surface area contributed by atoms with Crippen LogP contribution in [0.25, 0.3) is 10.9 Å². The van der Waals surface area contributed by atoms with Crippen molar-refractivity contribution in [2.24, 2.45) is 0 Å². The molecule has 5 heteroatoms. The van der Waals surface area contributed by atoms with Gasteiger partial charge in [0, 0.05) is 0 Å². The average molecular weight is 223 g/mol. The number of fused-ring (bicyclic) bond motifs is 1. The Labute approximate surface area is 90.1 Å². The average Bonchev–Trinajstić information content (AvgIpc) is 2.23. The van der Waals surface area contributed by atoms with Crippen LogP contribution in [0.5, 0.6) is 0 Å². The van der Waals surface area contributed by atoms with E-state index in [9.17, 15) is 9.59 Å². The first-order valence-electron chi connectivity index (χ1n) is 4.31. The summed E-state index contributed by atoms with van der Waals surface area (Å²) < 4.78 is 1.24. The van der Waals surface area contributed by atoms with Crippen molar-refractivity contribution in [3.05, 3.63) is 39.9 Å². The van der Waals surface area contributed by atoms with Crippen molar-refractivity contribution in [2.45, 2.75) is 6.54 Å². The van der Waals surface area contributed by atoms with Crippen molar-refractivity contribution in [1.82, 2.24) is 9.55 Å². The second kappa shape index (κ2) is 3.82. The van der Waals surface area contributed by atoms with E-state index >= 15 is 0 Å². The van der Waals surface area contributed by atoms with E-state index in [1.807, 2.05) is 0 Å². The van der Waals surface area contributed by atoms with E-state index in [1.54, 1.807) is 18.2 Å². The fourth-order valence-corrected chi connectivity index (χ4v) is 1.59. The minimum Gasteiger partial charge on any atom is -0.301 e. The fraction of sp³-hybridized carbons (Fsp3) is 0.100. The van der Waals surface area contributed by atoms with Crippen molar-refractivity contribution in [3.63, 3.8) is 0 Å². The number of hydrogen-bond donors (Lipinski definition) is 0. The van der Waals surface area contributed by atoms with Gasteiger partial charge in [-0.1, -0.05) is 17.7 Å². The molecule has 0 unspecified atom stereocenters. The van der Waals surface area contributed by atoms with Gasteiger partial charge >= 0.3 is 0 Å². The molecule has 0 amide bonds. The molecule has 0 saturated carbocycles. The molecule has 4 nitrogen and oxygen atoms in total.